The number of aliphatic carboxylic acids is 1. The van der Waals surface area contributed by atoms with E-state index in [1.807, 2.05) is 0 Å². The summed E-state index contributed by atoms with van der Waals surface area (Å²) in [5.41, 5.74) is -0.000319. The minimum atomic E-state index is -5.05. The molecule has 240 valence electrons. The molecule has 0 fully saturated rings. The molecule has 4 aromatic carbocycles. The Balaban J connectivity index is 1.40. The highest BCUT2D eigenvalue weighted by molar-refractivity contribution is 7.93. The van der Waals surface area contributed by atoms with E-state index in [4.69, 9.17) is 33.0 Å². The van der Waals surface area contributed by atoms with Gasteiger partial charge in [0.1, 0.15) is 18.4 Å². The molecule has 0 saturated carbocycles. The van der Waals surface area contributed by atoms with Crippen molar-refractivity contribution >= 4 is 50.8 Å². The second kappa shape index (κ2) is 13.2. The van der Waals surface area contributed by atoms with Crippen molar-refractivity contribution in [3.63, 3.8) is 0 Å². The van der Waals surface area contributed by atoms with Gasteiger partial charge in [0.2, 0.25) is 5.91 Å². The van der Waals surface area contributed by atoms with Crippen molar-refractivity contribution < 1.29 is 41.0 Å². The smallest absolute Gasteiger partial charge is 0.417 e. The van der Waals surface area contributed by atoms with Gasteiger partial charge in [-0.25, -0.2) is 8.42 Å². The Morgan fingerprint density at radius 1 is 0.957 bits per heavy atom. The number of para-hydroxylation sites is 1. The lowest BCUT2D eigenvalue weighted by molar-refractivity contribution is -0.140. The molecule has 4 aromatic rings. The largest absolute Gasteiger partial charge is 0.490 e. The average Bonchev–Trinajstić information content (AvgIpc) is 3.40. The number of carbonyl (C=O) groups excluding carboxylic acids is 1. The van der Waals surface area contributed by atoms with Crippen LogP contribution in [-0.4, -0.2) is 44.6 Å². The quantitative estimate of drug-likeness (QED) is 0.181. The van der Waals surface area contributed by atoms with Gasteiger partial charge >= 0.3 is 12.1 Å². The Kier molecular flexibility index (Phi) is 9.52. The summed E-state index contributed by atoms with van der Waals surface area (Å²) in [5, 5.41) is 11.9. The maximum absolute atomic E-state index is 14.4. The van der Waals surface area contributed by atoms with Gasteiger partial charge in [0.25, 0.3) is 10.0 Å². The van der Waals surface area contributed by atoms with Crippen LogP contribution in [-0.2, 0) is 38.6 Å². The maximum Gasteiger partial charge on any atom is 0.417 e. The highest BCUT2D eigenvalue weighted by Crippen LogP contribution is 2.43. The molecule has 0 aliphatic carbocycles. The number of nitrogens with one attached hydrogen (secondary N) is 1. The van der Waals surface area contributed by atoms with E-state index >= 15 is 0 Å². The van der Waals surface area contributed by atoms with Crippen LogP contribution in [0.3, 0.4) is 0 Å². The lowest BCUT2D eigenvalue weighted by Crippen LogP contribution is -2.49. The first kappa shape index (κ1) is 33.1. The number of ether oxygens (including phenoxy) is 1. The third-order valence-corrected chi connectivity index (χ3v) is 9.75. The fraction of sp³-hybridized carbons (Fsp3) is 0.188. The number of amides is 1. The number of rotatable bonds is 10. The van der Waals surface area contributed by atoms with Gasteiger partial charge in [-0.2, -0.15) is 13.2 Å². The van der Waals surface area contributed by atoms with Crippen molar-refractivity contribution in [2.45, 2.75) is 30.0 Å². The Morgan fingerprint density at radius 3 is 2.37 bits per heavy atom. The van der Waals surface area contributed by atoms with Crippen molar-refractivity contribution in [1.29, 1.82) is 0 Å². The third-order valence-electron chi connectivity index (χ3n) is 7.25. The molecule has 46 heavy (non-hydrogen) atoms. The van der Waals surface area contributed by atoms with Gasteiger partial charge in [-0.15, -0.1) is 0 Å². The Labute approximate surface area is 272 Å². The van der Waals surface area contributed by atoms with Gasteiger partial charge in [-0.3, -0.25) is 13.9 Å². The van der Waals surface area contributed by atoms with Crippen LogP contribution in [0.2, 0.25) is 10.0 Å². The number of fused-ring (bicyclic) bond motifs is 1. The summed E-state index contributed by atoms with van der Waals surface area (Å²) in [6.07, 6.45) is -5.35. The second-order valence-electron chi connectivity index (χ2n) is 10.3. The molecule has 1 amide bonds. The summed E-state index contributed by atoms with van der Waals surface area (Å²) < 4.78 is 77.7. The van der Waals surface area contributed by atoms with E-state index < -0.39 is 44.6 Å². The lowest BCUT2D eigenvalue weighted by atomic mass is 10.0. The number of anilines is 1. The van der Waals surface area contributed by atoms with E-state index in [9.17, 15) is 31.2 Å². The van der Waals surface area contributed by atoms with E-state index in [2.05, 4.69) is 5.32 Å². The van der Waals surface area contributed by atoms with Crippen molar-refractivity contribution in [2.75, 3.05) is 17.5 Å². The summed E-state index contributed by atoms with van der Waals surface area (Å²) in [6.45, 7) is -0.176. The molecular formula is C32H25Cl2F3N2O6S. The van der Waals surface area contributed by atoms with Crippen molar-refractivity contribution in [3.05, 3.63) is 112 Å². The summed E-state index contributed by atoms with van der Waals surface area (Å²) in [7, 11) is -4.93. The van der Waals surface area contributed by atoms with Crippen molar-refractivity contribution in [1.82, 2.24) is 5.32 Å². The van der Waals surface area contributed by atoms with Gasteiger partial charge in [-0.1, -0.05) is 71.7 Å². The third kappa shape index (κ3) is 6.93. The summed E-state index contributed by atoms with van der Waals surface area (Å²) in [6, 6.07) is 18.4. The maximum atomic E-state index is 14.4. The molecule has 1 aliphatic rings. The molecule has 0 aromatic heterocycles. The number of halogens is 5. The zero-order chi connectivity index (χ0) is 33.2. The highest BCUT2D eigenvalue weighted by atomic mass is 35.5. The molecule has 0 unspecified atom stereocenters. The van der Waals surface area contributed by atoms with Gasteiger partial charge in [0, 0.05) is 17.0 Å². The van der Waals surface area contributed by atoms with Crippen LogP contribution < -0.4 is 14.4 Å². The molecule has 14 heteroatoms. The molecule has 0 bridgehead atoms. The van der Waals surface area contributed by atoms with Gasteiger partial charge < -0.3 is 15.2 Å². The van der Waals surface area contributed by atoms with E-state index in [-0.39, 0.29) is 53.0 Å². The molecule has 1 atom stereocenters. The molecule has 0 saturated heterocycles. The number of sulfonamides is 1. The molecule has 1 heterocycles. The number of alkyl halides is 3. The van der Waals surface area contributed by atoms with E-state index in [0.717, 1.165) is 16.4 Å². The number of hydrogen-bond donors (Lipinski definition) is 2. The van der Waals surface area contributed by atoms with Gasteiger partial charge in [0.05, 0.1) is 34.1 Å². The van der Waals surface area contributed by atoms with Crippen molar-refractivity contribution in [3.8, 4) is 16.9 Å². The molecule has 5 rings (SSSR count). The zero-order valence-corrected chi connectivity index (χ0v) is 26.1. The minimum absolute atomic E-state index is 0.0714. The molecule has 0 spiro atoms. The number of carboxylic acids is 1. The SMILES string of the molecule is O=C(O)Cc1ccc(OCCNC(=O)[C@@H]2Cc3ccccc3N2S(=O)(=O)c2ccc(-c3ccccc3Cl)cc2C(F)(F)F)c(Cl)c1. The highest BCUT2D eigenvalue weighted by Gasteiger charge is 2.46. The van der Waals surface area contributed by atoms with Crippen LogP contribution in [0.15, 0.2) is 89.8 Å². The number of benzene rings is 4. The summed E-state index contributed by atoms with van der Waals surface area (Å²) in [4.78, 5) is 23.3. The van der Waals surface area contributed by atoms with E-state index in [1.54, 1.807) is 24.3 Å². The number of carboxylic acid groups (broad SMARTS) is 1. The first-order chi connectivity index (χ1) is 21.8. The number of hydrogen-bond acceptors (Lipinski definition) is 5. The lowest BCUT2D eigenvalue weighted by Gasteiger charge is -2.28. The monoisotopic (exact) mass is 692 g/mol. The molecule has 8 nitrogen and oxygen atoms in total. The van der Waals surface area contributed by atoms with Gasteiger partial charge in [0.15, 0.2) is 0 Å². The molecule has 2 N–H and O–H groups in total. The summed E-state index contributed by atoms with van der Waals surface area (Å²) in [5.74, 6) is -1.53. The normalized spacial score (nSPS) is 14.5. The van der Waals surface area contributed by atoms with Crippen LogP contribution in [0.4, 0.5) is 18.9 Å². The van der Waals surface area contributed by atoms with Crippen LogP contribution in [0.1, 0.15) is 16.7 Å². The molecule has 0 radical (unpaired) electrons. The Morgan fingerprint density at radius 2 is 1.67 bits per heavy atom. The number of nitrogens with zero attached hydrogens (tertiary/aromatic N) is 1. The fourth-order valence-electron chi connectivity index (χ4n) is 5.20. The minimum Gasteiger partial charge on any atom is -0.490 e. The van der Waals surface area contributed by atoms with Crippen LogP contribution in [0.25, 0.3) is 11.1 Å². The van der Waals surface area contributed by atoms with Crippen LogP contribution in [0.5, 0.6) is 5.75 Å². The topological polar surface area (TPSA) is 113 Å². The Hall–Kier alpha value is -4.26. The van der Waals surface area contributed by atoms with Crippen LogP contribution in [0, 0.1) is 0 Å². The summed E-state index contributed by atoms with van der Waals surface area (Å²) >= 11 is 12.4. The predicted octanol–water partition coefficient (Wildman–Crippen LogP) is 6.62. The predicted molar refractivity (Wildman–Crippen MR) is 167 cm³/mol. The average molecular weight is 694 g/mol. The van der Waals surface area contributed by atoms with Crippen LogP contribution >= 0.6 is 23.2 Å². The van der Waals surface area contributed by atoms with Gasteiger partial charge in [-0.05, 0) is 53.1 Å². The molecular weight excluding hydrogens is 668 g/mol. The first-order valence-electron chi connectivity index (χ1n) is 13.8. The fourth-order valence-corrected chi connectivity index (χ4v) is 7.55. The first-order valence-corrected chi connectivity index (χ1v) is 16.0. The van der Waals surface area contributed by atoms with E-state index in [0.29, 0.717) is 16.7 Å². The second-order valence-corrected chi connectivity index (χ2v) is 12.9. The zero-order valence-electron chi connectivity index (χ0n) is 23.7. The van der Waals surface area contributed by atoms with Crippen molar-refractivity contribution in [2.24, 2.45) is 0 Å². The van der Waals surface area contributed by atoms with E-state index in [1.165, 1.54) is 48.5 Å². The molecule has 1 aliphatic heterocycles. The Bertz CT molecular complexity index is 1920. The number of carbonyl (C=O) groups is 2. The standard InChI is InChI=1S/C32H25Cl2F3N2O6S/c33-24-7-3-2-6-22(24)20-10-12-29(23(17-20)32(35,36)37)46(43,44)39-26-8-4-1-5-21(26)18-27(39)31(42)38-13-14-45-28-11-9-19(15-25(28)34)16-30(40)41/h1-12,15,17,27H,13-14,16,18H2,(H,38,42)(H,40,41)/t27-/m0/s1.